The van der Waals surface area contributed by atoms with E-state index in [-0.39, 0.29) is 23.9 Å². The second-order valence-electron chi connectivity index (χ2n) is 4.90. The van der Waals surface area contributed by atoms with Gasteiger partial charge in [0.25, 0.3) is 0 Å². The molecule has 0 aliphatic rings. The Balaban J connectivity index is 2.80. The van der Waals surface area contributed by atoms with Crippen molar-refractivity contribution in [3.05, 3.63) is 20.8 Å². The summed E-state index contributed by atoms with van der Waals surface area (Å²) in [5.74, 6) is 0.00212. The number of carbonyl (C=O) groups is 1. The number of halogens is 1. The third-order valence-corrected chi connectivity index (χ3v) is 4.81. The molecule has 0 radical (unpaired) electrons. The summed E-state index contributed by atoms with van der Waals surface area (Å²) in [6, 6.07) is 4.26. The fraction of sp³-hybridized carbons (Fsp3) is 0.615. The average Bonchev–Trinajstić information content (AvgIpc) is 2.73. The molecule has 3 N–H and O–H groups in total. The minimum absolute atomic E-state index is 0.00689. The zero-order valence-corrected chi connectivity index (χ0v) is 14.2. The first-order valence-corrected chi connectivity index (χ1v) is 7.90. The Morgan fingerprint density at radius 2 is 2.16 bits per heavy atom. The predicted octanol–water partition coefficient (Wildman–Crippen LogP) is 2.21. The van der Waals surface area contributed by atoms with E-state index in [9.17, 15) is 4.79 Å². The van der Waals surface area contributed by atoms with E-state index in [1.807, 2.05) is 27.0 Å². The molecular weight excluding hydrogens is 326 g/mol. The summed E-state index contributed by atoms with van der Waals surface area (Å²) in [6.45, 7) is 4.61. The van der Waals surface area contributed by atoms with Gasteiger partial charge in [0, 0.05) is 30.4 Å². The first-order chi connectivity index (χ1) is 8.86. The molecule has 3 atom stereocenters. The molecule has 0 bridgehead atoms. The Hall–Kier alpha value is -0.430. The lowest BCUT2D eigenvalue weighted by Gasteiger charge is -2.31. The highest BCUT2D eigenvalue weighted by atomic mass is 79.9. The van der Waals surface area contributed by atoms with Gasteiger partial charge in [-0.05, 0) is 42.0 Å². The van der Waals surface area contributed by atoms with Crippen LogP contribution in [0.3, 0.4) is 0 Å². The van der Waals surface area contributed by atoms with Crippen molar-refractivity contribution < 1.29 is 4.79 Å². The van der Waals surface area contributed by atoms with Crippen LogP contribution in [0.1, 0.15) is 24.8 Å². The summed E-state index contributed by atoms with van der Waals surface area (Å²) < 4.78 is 1.10. The number of likely N-dealkylation sites (N-methyl/N-ethyl adjacent to an activating group) is 1. The summed E-state index contributed by atoms with van der Waals surface area (Å²) in [4.78, 5) is 15.0. The Kier molecular flexibility index (Phi) is 6.46. The molecule has 0 saturated heterocycles. The second kappa shape index (κ2) is 7.38. The van der Waals surface area contributed by atoms with E-state index < -0.39 is 0 Å². The van der Waals surface area contributed by atoms with Gasteiger partial charge in [-0.2, -0.15) is 0 Å². The largest absolute Gasteiger partial charge is 0.359 e. The quantitative estimate of drug-likeness (QED) is 0.829. The molecule has 1 heterocycles. The first-order valence-electron chi connectivity index (χ1n) is 6.29. The molecule has 19 heavy (non-hydrogen) atoms. The molecule has 0 spiro atoms. The number of hydrogen-bond acceptors (Lipinski definition) is 4. The highest BCUT2D eigenvalue weighted by Crippen LogP contribution is 2.32. The van der Waals surface area contributed by atoms with Crippen LogP contribution in [0.15, 0.2) is 15.9 Å². The highest BCUT2D eigenvalue weighted by molar-refractivity contribution is 9.11. The van der Waals surface area contributed by atoms with E-state index in [0.717, 1.165) is 3.79 Å². The molecule has 0 aliphatic carbocycles. The molecule has 0 fully saturated rings. The summed E-state index contributed by atoms with van der Waals surface area (Å²) in [5.41, 5.74) is 6.11. The van der Waals surface area contributed by atoms with Crippen molar-refractivity contribution in [2.45, 2.75) is 25.9 Å². The van der Waals surface area contributed by atoms with Crippen LogP contribution < -0.4 is 11.1 Å². The van der Waals surface area contributed by atoms with Gasteiger partial charge in [-0.1, -0.05) is 6.92 Å². The van der Waals surface area contributed by atoms with Gasteiger partial charge in [0.05, 0.1) is 9.83 Å². The lowest BCUT2D eigenvalue weighted by atomic mass is 10.0. The SMILES string of the molecule is CNC(=O)C(C)CN(C)C(c1ccc(Br)s1)C(C)N. The molecule has 1 rings (SSSR count). The third-order valence-electron chi connectivity index (χ3n) is 3.11. The molecule has 0 saturated carbocycles. The molecule has 108 valence electrons. The molecular formula is C13H22BrN3OS. The zero-order valence-electron chi connectivity index (χ0n) is 11.8. The molecule has 3 unspecified atom stereocenters. The van der Waals surface area contributed by atoms with Gasteiger partial charge in [0.2, 0.25) is 5.91 Å². The van der Waals surface area contributed by atoms with E-state index in [0.29, 0.717) is 6.54 Å². The Morgan fingerprint density at radius 1 is 1.53 bits per heavy atom. The van der Waals surface area contributed by atoms with Crippen LogP contribution in [-0.2, 0) is 4.79 Å². The third kappa shape index (κ3) is 4.56. The van der Waals surface area contributed by atoms with Gasteiger partial charge in [-0.25, -0.2) is 0 Å². The molecule has 0 aromatic carbocycles. The molecule has 0 aliphatic heterocycles. The number of carbonyl (C=O) groups excluding carboxylic acids is 1. The smallest absolute Gasteiger partial charge is 0.223 e. The fourth-order valence-electron chi connectivity index (χ4n) is 2.24. The Bertz CT molecular complexity index is 422. The topological polar surface area (TPSA) is 58.4 Å². The number of nitrogens with one attached hydrogen (secondary N) is 1. The zero-order chi connectivity index (χ0) is 14.6. The van der Waals surface area contributed by atoms with Crippen LogP contribution in [0.4, 0.5) is 0 Å². The van der Waals surface area contributed by atoms with Gasteiger partial charge >= 0.3 is 0 Å². The van der Waals surface area contributed by atoms with E-state index in [1.54, 1.807) is 18.4 Å². The Morgan fingerprint density at radius 3 is 2.58 bits per heavy atom. The number of hydrogen-bond donors (Lipinski definition) is 2. The standard InChI is InChI=1S/C13H22BrN3OS/c1-8(13(18)16-3)7-17(4)12(9(2)15)10-5-6-11(14)19-10/h5-6,8-9,12H,7,15H2,1-4H3,(H,16,18). The van der Waals surface area contributed by atoms with Crippen LogP contribution >= 0.6 is 27.3 Å². The highest BCUT2D eigenvalue weighted by Gasteiger charge is 2.25. The predicted molar refractivity (Wildman–Crippen MR) is 84.3 cm³/mol. The van der Waals surface area contributed by atoms with Gasteiger partial charge in [-0.3, -0.25) is 9.69 Å². The summed E-state index contributed by atoms with van der Waals surface area (Å²) >= 11 is 5.17. The van der Waals surface area contributed by atoms with Crippen molar-refractivity contribution in [3.8, 4) is 0 Å². The van der Waals surface area contributed by atoms with E-state index in [4.69, 9.17) is 5.73 Å². The molecule has 1 aromatic heterocycles. The van der Waals surface area contributed by atoms with Crippen LogP contribution in [-0.4, -0.2) is 37.5 Å². The van der Waals surface area contributed by atoms with Crippen molar-refractivity contribution in [2.75, 3.05) is 20.6 Å². The monoisotopic (exact) mass is 347 g/mol. The number of rotatable bonds is 6. The normalized spacial score (nSPS) is 16.2. The molecule has 1 aromatic rings. The van der Waals surface area contributed by atoms with Crippen LogP contribution in [0.2, 0.25) is 0 Å². The van der Waals surface area contributed by atoms with Crippen LogP contribution in [0.5, 0.6) is 0 Å². The summed E-state index contributed by atoms with van der Waals surface area (Å²) in [7, 11) is 3.68. The van der Waals surface area contributed by atoms with Gasteiger partial charge in [0.15, 0.2) is 0 Å². The van der Waals surface area contributed by atoms with Crippen molar-refractivity contribution in [1.29, 1.82) is 0 Å². The van der Waals surface area contributed by atoms with Crippen molar-refractivity contribution in [3.63, 3.8) is 0 Å². The van der Waals surface area contributed by atoms with E-state index in [1.165, 1.54) is 4.88 Å². The van der Waals surface area contributed by atoms with Crippen molar-refractivity contribution in [1.82, 2.24) is 10.2 Å². The van der Waals surface area contributed by atoms with Gasteiger partial charge < -0.3 is 11.1 Å². The fourth-order valence-corrected chi connectivity index (χ4v) is 3.95. The van der Waals surface area contributed by atoms with Crippen molar-refractivity contribution >= 4 is 33.2 Å². The minimum Gasteiger partial charge on any atom is -0.359 e. The maximum atomic E-state index is 11.6. The van der Waals surface area contributed by atoms with Crippen LogP contribution in [0.25, 0.3) is 0 Å². The van der Waals surface area contributed by atoms with E-state index in [2.05, 4.69) is 32.2 Å². The second-order valence-corrected chi connectivity index (χ2v) is 7.40. The molecule has 4 nitrogen and oxygen atoms in total. The lowest BCUT2D eigenvalue weighted by molar-refractivity contribution is -0.124. The number of amides is 1. The van der Waals surface area contributed by atoms with Gasteiger partial charge in [-0.15, -0.1) is 11.3 Å². The average molecular weight is 348 g/mol. The van der Waals surface area contributed by atoms with Crippen molar-refractivity contribution in [2.24, 2.45) is 11.7 Å². The van der Waals surface area contributed by atoms with E-state index >= 15 is 0 Å². The minimum atomic E-state index is -0.0559. The summed E-state index contributed by atoms with van der Waals surface area (Å²) in [5, 5.41) is 2.68. The lowest BCUT2D eigenvalue weighted by Crippen LogP contribution is -2.41. The van der Waals surface area contributed by atoms with Crippen LogP contribution in [0, 0.1) is 5.92 Å². The Labute approximate surface area is 127 Å². The molecule has 1 amide bonds. The maximum absolute atomic E-state index is 11.6. The summed E-state index contributed by atoms with van der Waals surface area (Å²) in [6.07, 6.45) is 0. The number of nitrogens with two attached hydrogens (primary N) is 1. The molecule has 6 heteroatoms. The number of nitrogens with zero attached hydrogens (tertiary/aromatic N) is 1. The van der Waals surface area contributed by atoms with Gasteiger partial charge in [0.1, 0.15) is 0 Å². The first kappa shape index (κ1) is 16.6. The maximum Gasteiger partial charge on any atom is 0.223 e. The number of thiophene rings is 1.